The lowest BCUT2D eigenvalue weighted by Crippen LogP contribution is -2.47. The number of nitrogens with one attached hydrogen (secondary N) is 3. The zero-order valence-corrected chi connectivity index (χ0v) is 11.0. The van der Waals surface area contributed by atoms with Gasteiger partial charge in [-0.1, -0.05) is 11.6 Å². The van der Waals surface area contributed by atoms with Gasteiger partial charge < -0.3 is 16.0 Å². The summed E-state index contributed by atoms with van der Waals surface area (Å²) < 4.78 is 0. The molecule has 1 amide bonds. The highest BCUT2D eigenvalue weighted by molar-refractivity contribution is 6.32. The molecule has 1 aromatic heterocycles. The molecule has 1 aliphatic rings. The van der Waals surface area contributed by atoms with Gasteiger partial charge in [0, 0.05) is 18.3 Å². The van der Waals surface area contributed by atoms with Crippen LogP contribution in [0.5, 0.6) is 0 Å². The lowest BCUT2D eigenvalue weighted by Gasteiger charge is -2.24. The second-order valence-corrected chi connectivity index (χ2v) is 5.09. The van der Waals surface area contributed by atoms with E-state index >= 15 is 0 Å². The maximum atomic E-state index is 11.8. The summed E-state index contributed by atoms with van der Waals surface area (Å²) in [4.78, 5) is 15.7. The van der Waals surface area contributed by atoms with Crippen LogP contribution in [0.4, 0.5) is 5.69 Å². The highest BCUT2D eigenvalue weighted by Crippen LogP contribution is 2.17. The molecule has 1 aromatic rings. The predicted molar refractivity (Wildman–Crippen MR) is 71.8 cm³/mol. The Labute approximate surface area is 111 Å². The molecule has 1 unspecified atom stereocenters. The number of anilines is 1. The van der Waals surface area contributed by atoms with Crippen LogP contribution in [0.25, 0.3) is 0 Å². The van der Waals surface area contributed by atoms with Gasteiger partial charge in [0.1, 0.15) is 0 Å². The first-order chi connectivity index (χ1) is 8.59. The molecule has 2 heterocycles. The molecule has 2 rings (SSSR count). The third kappa shape index (κ3) is 3.41. The van der Waals surface area contributed by atoms with Crippen molar-refractivity contribution in [1.82, 2.24) is 15.6 Å². The minimum atomic E-state index is -0.113. The Morgan fingerprint density at radius 1 is 1.67 bits per heavy atom. The Kier molecular flexibility index (Phi) is 4.16. The van der Waals surface area contributed by atoms with E-state index in [1.165, 1.54) is 0 Å². The molecule has 1 fully saturated rings. The molecule has 0 bridgehead atoms. The fraction of sp³-hybridized carbons (Fsp3) is 0.500. The molecule has 1 atom stereocenters. The van der Waals surface area contributed by atoms with Crippen LogP contribution in [-0.4, -0.2) is 36.1 Å². The minimum Gasteiger partial charge on any atom is -0.322 e. The van der Waals surface area contributed by atoms with Crippen molar-refractivity contribution in [3.8, 4) is 0 Å². The van der Waals surface area contributed by atoms with Crippen LogP contribution in [0.15, 0.2) is 18.3 Å². The molecule has 0 radical (unpaired) electrons. The highest BCUT2D eigenvalue weighted by Gasteiger charge is 2.28. The summed E-state index contributed by atoms with van der Waals surface area (Å²) >= 11 is 5.87. The molecule has 0 aromatic carbocycles. The van der Waals surface area contributed by atoms with Crippen molar-refractivity contribution in [3.63, 3.8) is 0 Å². The summed E-state index contributed by atoms with van der Waals surface area (Å²) in [7, 11) is 0. The number of carbonyl (C=O) groups is 1. The van der Waals surface area contributed by atoms with E-state index in [-0.39, 0.29) is 18.0 Å². The first-order valence-electron chi connectivity index (χ1n) is 5.95. The van der Waals surface area contributed by atoms with E-state index in [2.05, 4.69) is 27.9 Å². The fourth-order valence-electron chi connectivity index (χ4n) is 1.94. The number of carbonyl (C=O) groups excluding carboxylic acids is 1. The van der Waals surface area contributed by atoms with Crippen molar-refractivity contribution >= 4 is 23.2 Å². The SMILES string of the molecule is CC1(NCC(=O)Nc2cccnc2Cl)CCNC1. The van der Waals surface area contributed by atoms with Crippen molar-refractivity contribution in [3.05, 3.63) is 23.5 Å². The number of aromatic nitrogens is 1. The van der Waals surface area contributed by atoms with E-state index in [9.17, 15) is 4.79 Å². The maximum Gasteiger partial charge on any atom is 0.238 e. The lowest BCUT2D eigenvalue weighted by atomic mass is 10.0. The predicted octanol–water partition coefficient (Wildman–Crippen LogP) is 1.02. The smallest absolute Gasteiger partial charge is 0.238 e. The molecule has 98 valence electrons. The van der Waals surface area contributed by atoms with Crippen LogP contribution in [0.3, 0.4) is 0 Å². The Balaban J connectivity index is 1.84. The second kappa shape index (κ2) is 5.65. The number of halogens is 1. The van der Waals surface area contributed by atoms with Crippen molar-refractivity contribution in [2.75, 3.05) is 25.0 Å². The molecule has 18 heavy (non-hydrogen) atoms. The van der Waals surface area contributed by atoms with Gasteiger partial charge in [-0.3, -0.25) is 4.79 Å². The van der Waals surface area contributed by atoms with Crippen LogP contribution < -0.4 is 16.0 Å². The van der Waals surface area contributed by atoms with Gasteiger partial charge in [-0.05, 0) is 32.0 Å². The number of rotatable bonds is 4. The third-order valence-corrected chi connectivity index (χ3v) is 3.38. The average Bonchev–Trinajstić information content (AvgIpc) is 2.77. The first kappa shape index (κ1) is 13.3. The minimum absolute atomic E-state index is 0.00390. The van der Waals surface area contributed by atoms with Gasteiger partial charge in [0.2, 0.25) is 5.91 Å². The Hall–Kier alpha value is -1.17. The van der Waals surface area contributed by atoms with Crippen LogP contribution in [-0.2, 0) is 4.79 Å². The lowest BCUT2D eigenvalue weighted by molar-refractivity contribution is -0.115. The summed E-state index contributed by atoms with van der Waals surface area (Å²) in [6.45, 7) is 4.24. The molecular formula is C12H17ClN4O. The molecule has 0 spiro atoms. The van der Waals surface area contributed by atoms with E-state index in [0.717, 1.165) is 19.5 Å². The number of hydrogen-bond acceptors (Lipinski definition) is 4. The molecule has 5 nitrogen and oxygen atoms in total. The molecule has 3 N–H and O–H groups in total. The Bertz CT molecular complexity index is 432. The van der Waals surface area contributed by atoms with Crippen molar-refractivity contribution < 1.29 is 4.79 Å². The summed E-state index contributed by atoms with van der Waals surface area (Å²) in [5.74, 6) is -0.113. The zero-order valence-electron chi connectivity index (χ0n) is 10.3. The Morgan fingerprint density at radius 3 is 3.17 bits per heavy atom. The largest absolute Gasteiger partial charge is 0.322 e. The van der Waals surface area contributed by atoms with Gasteiger partial charge in [0.05, 0.1) is 12.2 Å². The van der Waals surface area contributed by atoms with Gasteiger partial charge in [-0.25, -0.2) is 4.98 Å². The highest BCUT2D eigenvalue weighted by atomic mass is 35.5. The number of hydrogen-bond donors (Lipinski definition) is 3. The van der Waals surface area contributed by atoms with E-state index in [1.54, 1.807) is 18.3 Å². The fourth-order valence-corrected chi connectivity index (χ4v) is 2.10. The second-order valence-electron chi connectivity index (χ2n) is 4.73. The summed E-state index contributed by atoms with van der Waals surface area (Å²) in [5.41, 5.74) is 0.538. The van der Waals surface area contributed by atoms with Crippen molar-refractivity contribution in [2.45, 2.75) is 18.9 Å². The van der Waals surface area contributed by atoms with Gasteiger partial charge in [-0.2, -0.15) is 0 Å². The van der Waals surface area contributed by atoms with Gasteiger partial charge >= 0.3 is 0 Å². The maximum absolute atomic E-state index is 11.8. The van der Waals surface area contributed by atoms with Crippen LogP contribution in [0.2, 0.25) is 5.15 Å². The number of nitrogens with zero attached hydrogens (tertiary/aromatic N) is 1. The molecule has 1 aliphatic heterocycles. The van der Waals surface area contributed by atoms with Crippen LogP contribution in [0, 0.1) is 0 Å². The first-order valence-corrected chi connectivity index (χ1v) is 6.33. The van der Waals surface area contributed by atoms with E-state index in [1.807, 2.05) is 0 Å². The Morgan fingerprint density at radius 2 is 2.50 bits per heavy atom. The van der Waals surface area contributed by atoms with Crippen LogP contribution in [0.1, 0.15) is 13.3 Å². The quantitative estimate of drug-likeness (QED) is 0.714. The topological polar surface area (TPSA) is 66.0 Å². The monoisotopic (exact) mass is 268 g/mol. The van der Waals surface area contributed by atoms with E-state index in [0.29, 0.717) is 10.8 Å². The zero-order chi connectivity index (χ0) is 13.0. The summed E-state index contributed by atoms with van der Waals surface area (Å²) in [6, 6.07) is 3.46. The normalized spacial score (nSPS) is 23.0. The van der Waals surface area contributed by atoms with Gasteiger partial charge in [0.15, 0.2) is 5.15 Å². The van der Waals surface area contributed by atoms with Gasteiger partial charge in [-0.15, -0.1) is 0 Å². The molecule has 0 aliphatic carbocycles. The molecular weight excluding hydrogens is 252 g/mol. The number of amides is 1. The van der Waals surface area contributed by atoms with Crippen LogP contribution >= 0.6 is 11.6 Å². The third-order valence-electron chi connectivity index (χ3n) is 3.08. The number of pyridine rings is 1. The standard InChI is InChI=1S/C12H17ClN4O/c1-12(4-6-14-8-12)16-7-10(18)17-9-3-2-5-15-11(9)13/h2-3,5,14,16H,4,6-8H2,1H3,(H,17,18). The van der Waals surface area contributed by atoms with Crippen molar-refractivity contribution in [1.29, 1.82) is 0 Å². The van der Waals surface area contributed by atoms with Crippen molar-refractivity contribution in [2.24, 2.45) is 0 Å². The van der Waals surface area contributed by atoms with Gasteiger partial charge in [0.25, 0.3) is 0 Å². The summed E-state index contributed by atoms with van der Waals surface area (Å²) in [5, 5.41) is 9.57. The molecule has 1 saturated heterocycles. The average molecular weight is 269 g/mol. The molecule has 0 saturated carbocycles. The molecule has 6 heteroatoms. The van der Waals surface area contributed by atoms with E-state index in [4.69, 9.17) is 11.6 Å². The van der Waals surface area contributed by atoms with E-state index < -0.39 is 0 Å². The summed E-state index contributed by atoms with van der Waals surface area (Å²) in [6.07, 6.45) is 2.61.